The highest BCUT2D eigenvalue weighted by Crippen LogP contribution is 2.32. The lowest BCUT2D eigenvalue weighted by molar-refractivity contribution is 0.230. The van der Waals surface area contributed by atoms with Crippen molar-refractivity contribution >= 4 is 5.96 Å². The molecule has 1 aromatic rings. The summed E-state index contributed by atoms with van der Waals surface area (Å²) >= 11 is 0. The van der Waals surface area contributed by atoms with Gasteiger partial charge < -0.3 is 15.2 Å². The van der Waals surface area contributed by atoms with E-state index in [0.717, 1.165) is 25.5 Å². The van der Waals surface area contributed by atoms with Crippen LogP contribution in [0.1, 0.15) is 63.6 Å². The number of hydrogen-bond donors (Lipinski definition) is 1. The Morgan fingerprint density at radius 2 is 2.00 bits per heavy atom. The molecule has 2 N–H and O–H groups in total. The Morgan fingerprint density at radius 1 is 1.24 bits per heavy atom. The minimum absolute atomic E-state index is 0.280. The van der Waals surface area contributed by atoms with Gasteiger partial charge in [0.25, 0.3) is 0 Å². The Labute approximate surface area is 127 Å². The van der Waals surface area contributed by atoms with Crippen LogP contribution < -0.4 is 5.73 Å². The summed E-state index contributed by atoms with van der Waals surface area (Å²) in [6.45, 7) is 3.99. The third kappa shape index (κ3) is 2.92. The molecule has 1 aliphatic carbocycles. The van der Waals surface area contributed by atoms with Crippen LogP contribution in [0.2, 0.25) is 0 Å². The Morgan fingerprint density at radius 3 is 2.71 bits per heavy atom. The lowest BCUT2D eigenvalue weighted by atomic mass is 10.0. The zero-order chi connectivity index (χ0) is 14.7. The molecule has 5 heteroatoms. The van der Waals surface area contributed by atoms with Crippen LogP contribution in [0.25, 0.3) is 0 Å². The lowest BCUT2D eigenvalue weighted by Gasteiger charge is -2.34. The molecule has 1 fully saturated rings. The molecule has 0 bridgehead atoms. The van der Waals surface area contributed by atoms with Gasteiger partial charge in [-0.15, -0.1) is 0 Å². The minimum atomic E-state index is 0.280. The molecular formula is C16H27N5. The van der Waals surface area contributed by atoms with Gasteiger partial charge in [0.05, 0.1) is 30.8 Å². The molecule has 1 atom stereocenters. The molecule has 3 rings (SSSR count). The van der Waals surface area contributed by atoms with Gasteiger partial charge in [0.1, 0.15) is 0 Å². The van der Waals surface area contributed by atoms with Gasteiger partial charge in [-0.05, 0) is 19.3 Å². The lowest BCUT2D eigenvalue weighted by Crippen LogP contribution is -2.44. The third-order valence-electron chi connectivity index (χ3n) is 4.80. The van der Waals surface area contributed by atoms with Crippen molar-refractivity contribution < 1.29 is 0 Å². The molecule has 21 heavy (non-hydrogen) atoms. The largest absolute Gasteiger partial charge is 0.370 e. The molecule has 1 unspecified atom stereocenters. The van der Waals surface area contributed by atoms with Crippen LogP contribution in [0.4, 0.5) is 0 Å². The van der Waals surface area contributed by atoms with Crippen molar-refractivity contribution in [2.45, 2.75) is 70.5 Å². The van der Waals surface area contributed by atoms with E-state index >= 15 is 0 Å². The molecule has 0 aromatic carbocycles. The SMILES string of the molecule is CCCn1cncc1C1CN=C(N)N1C1CCCCCC1. The van der Waals surface area contributed by atoms with Gasteiger partial charge >= 0.3 is 0 Å². The first kappa shape index (κ1) is 14.4. The van der Waals surface area contributed by atoms with Crippen molar-refractivity contribution in [3.63, 3.8) is 0 Å². The number of nitrogens with two attached hydrogens (primary N) is 1. The van der Waals surface area contributed by atoms with Crippen LogP contribution in [0.5, 0.6) is 0 Å². The molecule has 116 valence electrons. The van der Waals surface area contributed by atoms with Crippen molar-refractivity contribution in [1.82, 2.24) is 14.5 Å². The Hall–Kier alpha value is -1.52. The Kier molecular flexibility index (Phi) is 4.46. The van der Waals surface area contributed by atoms with E-state index in [0.29, 0.717) is 6.04 Å². The van der Waals surface area contributed by atoms with Crippen molar-refractivity contribution in [1.29, 1.82) is 0 Å². The van der Waals surface area contributed by atoms with Crippen molar-refractivity contribution in [2.24, 2.45) is 10.7 Å². The van der Waals surface area contributed by atoms with Gasteiger partial charge in [-0.3, -0.25) is 4.99 Å². The summed E-state index contributed by atoms with van der Waals surface area (Å²) in [6.07, 6.45) is 12.9. The fourth-order valence-electron chi connectivity index (χ4n) is 3.76. The monoisotopic (exact) mass is 289 g/mol. The summed E-state index contributed by atoms with van der Waals surface area (Å²) in [5.41, 5.74) is 7.50. The van der Waals surface area contributed by atoms with Crippen LogP contribution in [0.15, 0.2) is 17.5 Å². The normalized spacial score (nSPS) is 24.1. The number of aryl methyl sites for hydroxylation is 1. The quantitative estimate of drug-likeness (QED) is 0.867. The topological polar surface area (TPSA) is 59.4 Å². The van der Waals surface area contributed by atoms with Crippen LogP contribution in [0, 0.1) is 0 Å². The molecule has 1 aromatic heterocycles. The second-order valence-electron chi connectivity index (χ2n) is 6.28. The first-order chi connectivity index (χ1) is 10.3. The predicted molar refractivity (Wildman–Crippen MR) is 85.1 cm³/mol. The predicted octanol–water partition coefficient (Wildman–Crippen LogP) is 2.69. The van der Waals surface area contributed by atoms with Gasteiger partial charge in [-0.2, -0.15) is 0 Å². The number of aliphatic imine (C=N–C) groups is 1. The molecule has 0 saturated heterocycles. The van der Waals surface area contributed by atoms with E-state index in [1.165, 1.54) is 44.2 Å². The number of imidazole rings is 1. The molecule has 2 aliphatic rings. The Bertz CT molecular complexity index is 485. The average Bonchev–Trinajstić information content (AvgIpc) is 2.98. The van der Waals surface area contributed by atoms with E-state index in [-0.39, 0.29) is 6.04 Å². The third-order valence-corrected chi connectivity index (χ3v) is 4.80. The molecule has 5 nitrogen and oxygen atoms in total. The van der Waals surface area contributed by atoms with Crippen molar-refractivity contribution in [3.05, 3.63) is 18.2 Å². The standard InChI is InChI=1S/C16H27N5/c1-2-9-20-12-18-10-14(20)15-11-19-16(17)21(15)13-7-5-3-4-6-8-13/h10,12-13,15H,2-9,11H2,1H3,(H2,17,19). The van der Waals surface area contributed by atoms with E-state index in [9.17, 15) is 0 Å². The molecular weight excluding hydrogens is 262 g/mol. The maximum atomic E-state index is 6.23. The smallest absolute Gasteiger partial charge is 0.192 e. The highest BCUT2D eigenvalue weighted by Gasteiger charge is 2.34. The first-order valence-corrected chi connectivity index (χ1v) is 8.39. The first-order valence-electron chi connectivity index (χ1n) is 8.39. The number of nitrogens with zero attached hydrogens (tertiary/aromatic N) is 4. The molecule has 1 aliphatic heterocycles. The van der Waals surface area contributed by atoms with E-state index in [2.05, 4.69) is 26.4 Å². The van der Waals surface area contributed by atoms with Gasteiger partial charge in [-0.25, -0.2) is 4.98 Å². The minimum Gasteiger partial charge on any atom is -0.370 e. The number of rotatable bonds is 4. The summed E-state index contributed by atoms with van der Waals surface area (Å²) in [4.78, 5) is 11.3. The summed E-state index contributed by atoms with van der Waals surface area (Å²) in [6, 6.07) is 0.830. The van der Waals surface area contributed by atoms with E-state index in [1.54, 1.807) is 0 Å². The fourth-order valence-corrected chi connectivity index (χ4v) is 3.76. The summed E-state index contributed by atoms with van der Waals surface area (Å²) in [5, 5.41) is 0. The maximum Gasteiger partial charge on any atom is 0.192 e. The van der Waals surface area contributed by atoms with Crippen molar-refractivity contribution in [3.8, 4) is 0 Å². The summed E-state index contributed by atoms with van der Waals surface area (Å²) in [5.74, 6) is 0.733. The number of hydrogen-bond acceptors (Lipinski definition) is 4. The van der Waals surface area contributed by atoms with E-state index in [4.69, 9.17) is 5.73 Å². The van der Waals surface area contributed by atoms with Gasteiger partial charge in [0.2, 0.25) is 0 Å². The second kappa shape index (κ2) is 6.50. The van der Waals surface area contributed by atoms with Gasteiger partial charge in [0.15, 0.2) is 5.96 Å². The zero-order valence-electron chi connectivity index (χ0n) is 13.0. The van der Waals surface area contributed by atoms with E-state index in [1.807, 2.05) is 12.5 Å². The zero-order valence-corrected chi connectivity index (χ0v) is 13.0. The van der Waals surface area contributed by atoms with Crippen LogP contribution in [0.3, 0.4) is 0 Å². The molecule has 0 spiro atoms. The van der Waals surface area contributed by atoms with Gasteiger partial charge in [0, 0.05) is 12.6 Å². The highest BCUT2D eigenvalue weighted by atomic mass is 15.4. The maximum absolute atomic E-state index is 6.23. The number of aromatic nitrogens is 2. The van der Waals surface area contributed by atoms with Gasteiger partial charge in [-0.1, -0.05) is 32.6 Å². The van der Waals surface area contributed by atoms with E-state index < -0.39 is 0 Å². The van der Waals surface area contributed by atoms with Crippen LogP contribution in [-0.2, 0) is 6.54 Å². The number of guanidine groups is 1. The van der Waals surface area contributed by atoms with Crippen molar-refractivity contribution in [2.75, 3.05) is 6.54 Å². The Balaban J connectivity index is 1.82. The summed E-state index contributed by atoms with van der Waals surface area (Å²) in [7, 11) is 0. The van der Waals surface area contributed by atoms with Crippen LogP contribution >= 0.6 is 0 Å². The molecule has 0 radical (unpaired) electrons. The average molecular weight is 289 g/mol. The highest BCUT2D eigenvalue weighted by molar-refractivity contribution is 5.80. The fraction of sp³-hybridized carbons (Fsp3) is 0.750. The summed E-state index contributed by atoms with van der Waals surface area (Å²) < 4.78 is 2.27. The molecule has 2 heterocycles. The second-order valence-corrected chi connectivity index (χ2v) is 6.28. The van der Waals surface area contributed by atoms with Crippen LogP contribution in [-0.4, -0.2) is 33.0 Å². The molecule has 1 saturated carbocycles. The molecule has 0 amide bonds.